The molecule has 1 aliphatic rings. The highest BCUT2D eigenvalue weighted by Crippen LogP contribution is 2.28. The Kier molecular flexibility index (Phi) is 4.55. The van der Waals surface area contributed by atoms with E-state index in [0.29, 0.717) is 16.3 Å². The van der Waals surface area contributed by atoms with Crippen LogP contribution in [0.2, 0.25) is 5.02 Å². The lowest BCUT2D eigenvalue weighted by Crippen LogP contribution is -2.35. The summed E-state index contributed by atoms with van der Waals surface area (Å²) < 4.78 is 7.16. The minimum absolute atomic E-state index is 0.0913. The molecule has 1 aromatic heterocycles. The molecule has 0 saturated carbocycles. The lowest BCUT2D eigenvalue weighted by atomic mass is 10.1. The van der Waals surface area contributed by atoms with Crippen LogP contribution in [0.3, 0.4) is 0 Å². The molecular formula is C20H20ClN3O2. The third-order valence-corrected chi connectivity index (χ3v) is 5.15. The maximum Gasteiger partial charge on any atom is 0.253 e. The number of carbonyl (C=O) groups excluding carboxylic acids is 1. The van der Waals surface area contributed by atoms with Crippen LogP contribution in [-0.4, -0.2) is 40.6 Å². The van der Waals surface area contributed by atoms with Crippen LogP contribution in [0.5, 0.6) is 5.75 Å². The van der Waals surface area contributed by atoms with Crippen LogP contribution in [0, 0.1) is 0 Å². The van der Waals surface area contributed by atoms with Gasteiger partial charge in [-0.25, -0.2) is 4.98 Å². The van der Waals surface area contributed by atoms with Crippen LogP contribution in [0.25, 0.3) is 16.7 Å². The summed E-state index contributed by atoms with van der Waals surface area (Å²) in [6.07, 6.45) is 5.12. The molecule has 0 spiro atoms. The molecule has 6 heteroatoms. The van der Waals surface area contributed by atoms with Crippen LogP contribution >= 0.6 is 11.6 Å². The van der Waals surface area contributed by atoms with E-state index in [4.69, 9.17) is 16.3 Å². The lowest BCUT2D eigenvalue weighted by molar-refractivity contribution is 0.0724. The highest BCUT2D eigenvalue weighted by Gasteiger charge is 2.19. The van der Waals surface area contributed by atoms with Gasteiger partial charge in [0.2, 0.25) is 0 Å². The van der Waals surface area contributed by atoms with Gasteiger partial charge in [-0.2, -0.15) is 0 Å². The Morgan fingerprint density at radius 1 is 1.12 bits per heavy atom. The normalized spacial score (nSPS) is 14.6. The van der Waals surface area contributed by atoms with Crippen LogP contribution in [0.4, 0.5) is 0 Å². The van der Waals surface area contributed by atoms with Crippen molar-refractivity contribution in [2.24, 2.45) is 0 Å². The van der Waals surface area contributed by atoms with Crippen LogP contribution in [0.1, 0.15) is 29.6 Å². The van der Waals surface area contributed by atoms with Crippen molar-refractivity contribution in [3.8, 4) is 11.4 Å². The average molecular weight is 370 g/mol. The number of methoxy groups -OCH3 is 1. The lowest BCUT2D eigenvalue weighted by Gasteiger charge is -2.26. The zero-order valence-corrected chi connectivity index (χ0v) is 15.4. The van der Waals surface area contributed by atoms with Crippen molar-refractivity contribution in [3.05, 3.63) is 53.3 Å². The summed E-state index contributed by atoms with van der Waals surface area (Å²) in [6.45, 7) is 1.69. The van der Waals surface area contributed by atoms with Gasteiger partial charge in [0.15, 0.2) is 0 Å². The Morgan fingerprint density at radius 3 is 2.65 bits per heavy atom. The monoisotopic (exact) mass is 369 g/mol. The van der Waals surface area contributed by atoms with Crippen molar-refractivity contribution in [1.29, 1.82) is 0 Å². The standard InChI is InChI=1S/C20H20ClN3O2/c1-26-19-8-6-15(12-16(19)21)24-13-22-17-11-14(5-7-18(17)24)20(25)23-9-3-2-4-10-23/h5-8,11-13H,2-4,9-10H2,1H3. The van der Waals surface area contributed by atoms with Gasteiger partial charge >= 0.3 is 0 Å². The molecule has 0 aliphatic carbocycles. The Labute approximate surface area is 157 Å². The predicted octanol–water partition coefficient (Wildman–Crippen LogP) is 4.31. The number of piperidine rings is 1. The van der Waals surface area contributed by atoms with Gasteiger partial charge in [-0.1, -0.05) is 11.6 Å². The molecule has 1 aliphatic heterocycles. The largest absolute Gasteiger partial charge is 0.495 e. The first kappa shape index (κ1) is 16.9. The van der Waals surface area contributed by atoms with E-state index in [1.807, 2.05) is 45.9 Å². The Hall–Kier alpha value is -2.53. The minimum Gasteiger partial charge on any atom is -0.495 e. The van der Waals surface area contributed by atoms with Gasteiger partial charge in [0, 0.05) is 24.3 Å². The number of nitrogens with zero attached hydrogens (tertiary/aromatic N) is 3. The van der Waals surface area contributed by atoms with Crippen LogP contribution < -0.4 is 4.74 Å². The topological polar surface area (TPSA) is 47.4 Å². The number of aromatic nitrogens is 2. The van der Waals surface area contributed by atoms with E-state index in [0.717, 1.165) is 42.7 Å². The van der Waals surface area contributed by atoms with Crippen molar-refractivity contribution in [2.75, 3.05) is 20.2 Å². The molecule has 2 aromatic carbocycles. The number of fused-ring (bicyclic) bond motifs is 1. The molecular weight excluding hydrogens is 350 g/mol. The van der Waals surface area contributed by atoms with Crippen molar-refractivity contribution in [1.82, 2.24) is 14.5 Å². The second kappa shape index (κ2) is 7.00. The van der Waals surface area contributed by atoms with E-state index >= 15 is 0 Å². The van der Waals surface area contributed by atoms with Gasteiger partial charge in [0.25, 0.3) is 5.91 Å². The summed E-state index contributed by atoms with van der Waals surface area (Å²) in [4.78, 5) is 19.1. The number of benzene rings is 2. The zero-order chi connectivity index (χ0) is 18.1. The molecule has 1 saturated heterocycles. The molecule has 1 amide bonds. The first-order valence-corrected chi connectivity index (χ1v) is 9.15. The molecule has 26 heavy (non-hydrogen) atoms. The first-order chi connectivity index (χ1) is 12.7. The van der Waals surface area contributed by atoms with E-state index in [2.05, 4.69) is 4.98 Å². The van der Waals surface area contributed by atoms with Crippen LogP contribution in [-0.2, 0) is 0 Å². The first-order valence-electron chi connectivity index (χ1n) is 8.77. The number of hydrogen-bond donors (Lipinski definition) is 0. The van der Waals surface area contributed by atoms with E-state index in [-0.39, 0.29) is 5.91 Å². The molecule has 1 fully saturated rings. The fourth-order valence-electron chi connectivity index (χ4n) is 3.44. The molecule has 0 N–H and O–H groups in total. The molecule has 4 rings (SSSR count). The molecule has 0 radical (unpaired) electrons. The quantitative estimate of drug-likeness (QED) is 0.691. The Balaban J connectivity index is 1.67. The number of amides is 1. The van der Waals surface area contributed by atoms with Crippen LogP contribution in [0.15, 0.2) is 42.7 Å². The van der Waals surface area contributed by atoms with Gasteiger partial charge < -0.3 is 9.64 Å². The van der Waals surface area contributed by atoms with E-state index < -0.39 is 0 Å². The average Bonchev–Trinajstić information content (AvgIpc) is 3.11. The van der Waals surface area contributed by atoms with E-state index in [1.165, 1.54) is 6.42 Å². The number of likely N-dealkylation sites (tertiary alicyclic amines) is 1. The van der Waals surface area contributed by atoms with Gasteiger partial charge in [0.1, 0.15) is 12.1 Å². The minimum atomic E-state index is 0.0913. The smallest absolute Gasteiger partial charge is 0.253 e. The highest BCUT2D eigenvalue weighted by molar-refractivity contribution is 6.32. The number of carbonyl (C=O) groups is 1. The fourth-order valence-corrected chi connectivity index (χ4v) is 3.69. The zero-order valence-electron chi connectivity index (χ0n) is 14.6. The molecule has 0 unspecified atom stereocenters. The van der Waals surface area contributed by atoms with Gasteiger partial charge in [-0.3, -0.25) is 9.36 Å². The molecule has 3 aromatic rings. The SMILES string of the molecule is COc1ccc(-n2cnc3cc(C(=O)N4CCCCC4)ccc32)cc1Cl. The number of rotatable bonds is 3. The fraction of sp³-hybridized carbons (Fsp3) is 0.300. The third kappa shape index (κ3) is 3.03. The molecule has 134 valence electrons. The summed E-state index contributed by atoms with van der Waals surface area (Å²) in [7, 11) is 1.59. The maximum absolute atomic E-state index is 12.7. The summed E-state index contributed by atoms with van der Waals surface area (Å²) in [5.74, 6) is 0.725. The highest BCUT2D eigenvalue weighted by atomic mass is 35.5. The molecule has 0 atom stereocenters. The molecule has 5 nitrogen and oxygen atoms in total. The molecule has 0 bridgehead atoms. The second-order valence-corrected chi connectivity index (χ2v) is 6.90. The predicted molar refractivity (Wildman–Crippen MR) is 102 cm³/mol. The van der Waals surface area contributed by atoms with Gasteiger partial charge in [-0.05, 0) is 55.7 Å². The van der Waals surface area contributed by atoms with Crippen molar-refractivity contribution in [3.63, 3.8) is 0 Å². The molecule has 2 heterocycles. The van der Waals surface area contributed by atoms with Crippen molar-refractivity contribution < 1.29 is 9.53 Å². The summed E-state index contributed by atoms with van der Waals surface area (Å²) >= 11 is 6.24. The number of hydrogen-bond acceptors (Lipinski definition) is 3. The van der Waals surface area contributed by atoms with E-state index in [1.54, 1.807) is 13.4 Å². The summed E-state index contributed by atoms with van der Waals surface area (Å²) in [5.41, 5.74) is 3.31. The number of ether oxygens (including phenoxy) is 1. The number of imidazole rings is 1. The third-order valence-electron chi connectivity index (χ3n) is 4.85. The number of halogens is 1. The van der Waals surface area contributed by atoms with Crippen molar-refractivity contribution in [2.45, 2.75) is 19.3 Å². The summed E-state index contributed by atoms with van der Waals surface area (Å²) in [6, 6.07) is 11.3. The van der Waals surface area contributed by atoms with Gasteiger partial charge in [-0.15, -0.1) is 0 Å². The Morgan fingerprint density at radius 2 is 1.92 bits per heavy atom. The van der Waals surface area contributed by atoms with Gasteiger partial charge in [0.05, 0.1) is 23.2 Å². The second-order valence-electron chi connectivity index (χ2n) is 6.49. The van der Waals surface area contributed by atoms with Crippen molar-refractivity contribution >= 4 is 28.5 Å². The summed E-state index contributed by atoms with van der Waals surface area (Å²) in [5, 5.41) is 0.545. The van der Waals surface area contributed by atoms with E-state index in [9.17, 15) is 4.79 Å². The maximum atomic E-state index is 12.7. The Bertz CT molecular complexity index is 961.